The van der Waals surface area contributed by atoms with Gasteiger partial charge in [-0.2, -0.15) is 0 Å². The standard InChI is InChI=1S/C8H5N3/c1-2-9-6-5-8-10-3-4-11(8)7(1)6/h1-5H. The maximum atomic E-state index is 4.17. The first-order chi connectivity index (χ1) is 5.45. The maximum Gasteiger partial charge on any atom is 0.139 e. The average molecular weight is 143 g/mol. The lowest BCUT2D eigenvalue weighted by molar-refractivity contribution is 1.17. The Hall–Kier alpha value is -1.64. The molecule has 0 atom stereocenters. The fraction of sp³-hybridized carbons (Fsp3) is 0. The van der Waals surface area contributed by atoms with Gasteiger partial charge in [-0.1, -0.05) is 0 Å². The molecular weight excluding hydrogens is 138 g/mol. The molecule has 0 aliphatic carbocycles. The first-order valence-corrected chi connectivity index (χ1v) is 3.45. The fourth-order valence-corrected chi connectivity index (χ4v) is 1.40. The van der Waals surface area contributed by atoms with Gasteiger partial charge in [0.15, 0.2) is 0 Å². The van der Waals surface area contributed by atoms with Crippen LogP contribution < -0.4 is 5.35 Å². The Labute approximate surface area is 62.7 Å². The second-order valence-electron chi connectivity index (χ2n) is 2.52. The van der Waals surface area contributed by atoms with Crippen LogP contribution in [0.1, 0.15) is 0 Å². The van der Waals surface area contributed by atoms with Crippen LogP contribution in [0.5, 0.6) is 0 Å². The summed E-state index contributed by atoms with van der Waals surface area (Å²) in [5.74, 6) is 0. The van der Waals surface area contributed by atoms with Gasteiger partial charge < -0.3 is 0 Å². The summed E-state index contributed by atoms with van der Waals surface area (Å²) in [6.07, 6.45) is 7.54. The van der Waals surface area contributed by atoms with E-state index < -0.39 is 0 Å². The molecule has 52 valence electrons. The summed E-state index contributed by atoms with van der Waals surface area (Å²) in [5.41, 5.74) is 2.00. The third kappa shape index (κ3) is 0.487. The third-order valence-corrected chi connectivity index (χ3v) is 1.90. The first-order valence-electron chi connectivity index (χ1n) is 3.45. The van der Waals surface area contributed by atoms with Crippen LogP contribution in [0.3, 0.4) is 0 Å². The molecule has 3 nitrogen and oxygen atoms in total. The average Bonchev–Trinajstić information content (AvgIpc) is 2.52. The molecule has 3 heteroatoms. The van der Waals surface area contributed by atoms with Gasteiger partial charge in [0.25, 0.3) is 0 Å². The van der Waals surface area contributed by atoms with Crippen LogP contribution in [0.25, 0.3) is 11.7 Å². The minimum atomic E-state index is 0.975. The number of hydrogen-bond acceptors (Lipinski definition) is 2. The van der Waals surface area contributed by atoms with Gasteiger partial charge in [-0.25, -0.2) is 4.98 Å². The summed E-state index contributed by atoms with van der Waals surface area (Å²) in [7, 11) is 0. The monoisotopic (exact) mass is 143 g/mol. The number of nitrogens with zero attached hydrogens (tertiary/aromatic N) is 3. The van der Waals surface area contributed by atoms with Crippen molar-refractivity contribution in [2.24, 2.45) is 4.99 Å². The van der Waals surface area contributed by atoms with Crippen LogP contribution >= 0.6 is 0 Å². The Kier molecular flexibility index (Phi) is 0.692. The van der Waals surface area contributed by atoms with Crippen molar-refractivity contribution in [3.63, 3.8) is 0 Å². The number of aromatic nitrogens is 2. The minimum Gasteiger partial charge on any atom is -0.298 e. The van der Waals surface area contributed by atoms with Crippen molar-refractivity contribution in [2.45, 2.75) is 0 Å². The van der Waals surface area contributed by atoms with Gasteiger partial charge in [0.2, 0.25) is 0 Å². The number of hydrogen-bond donors (Lipinski definition) is 0. The molecule has 1 aliphatic heterocycles. The minimum absolute atomic E-state index is 0.975. The maximum absolute atomic E-state index is 4.17. The molecule has 0 saturated carbocycles. The Balaban J connectivity index is 2.68. The molecule has 3 heterocycles. The summed E-state index contributed by atoms with van der Waals surface area (Å²) in [6, 6.07) is 1.98. The van der Waals surface area contributed by atoms with Gasteiger partial charge in [0.1, 0.15) is 5.65 Å². The van der Waals surface area contributed by atoms with Crippen LogP contribution in [0.15, 0.2) is 23.5 Å². The first kappa shape index (κ1) is 5.07. The number of imidazole rings is 1. The van der Waals surface area contributed by atoms with E-state index in [-0.39, 0.29) is 0 Å². The van der Waals surface area contributed by atoms with Crippen LogP contribution in [-0.2, 0) is 0 Å². The van der Waals surface area contributed by atoms with Gasteiger partial charge in [-0.3, -0.25) is 9.39 Å². The van der Waals surface area contributed by atoms with Crippen LogP contribution in [0, 0.1) is 0 Å². The fourth-order valence-electron chi connectivity index (χ4n) is 1.40. The van der Waals surface area contributed by atoms with Crippen molar-refractivity contribution in [1.82, 2.24) is 9.38 Å². The molecule has 0 fully saturated rings. The van der Waals surface area contributed by atoms with E-state index in [0.29, 0.717) is 0 Å². The molecular formula is C8H5N3. The molecule has 0 spiro atoms. The van der Waals surface area contributed by atoms with Crippen molar-refractivity contribution in [2.75, 3.05) is 0 Å². The van der Waals surface area contributed by atoms with E-state index in [0.717, 1.165) is 16.7 Å². The highest BCUT2D eigenvalue weighted by atomic mass is 15.0. The molecule has 11 heavy (non-hydrogen) atoms. The number of fused-ring (bicyclic) bond motifs is 3. The van der Waals surface area contributed by atoms with Crippen molar-refractivity contribution in [3.05, 3.63) is 23.8 Å². The molecule has 1 aliphatic rings. The summed E-state index contributed by atoms with van der Waals surface area (Å²) < 4.78 is 2.03. The summed E-state index contributed by atoms with van der Waals surface area (Å²) in [5, 5.41) is 1.14. The number of rotatable bonds is 0. The second-order valence-corrected chi connectivity index (χ2v) is 2.52. The number of aliphatic imine (C=N–C) groups is 1. The zero-order valence-electron chi connectivity index (χ0n) is 5.73. The SMILES string of the molecule is C1=Nc2cc3nccn3c2=C1. The second kappa shape index (κ2) is 1.50. The molecule has 0 unspecified atom stereocenters. The van der Waals surface area contributed by atoms with Gasteiger partial charge >= 0.3 is 0 Å². The van der Waals surface area contributed by atoms with E-state index in [2.05, 4.69) is 9.98 Å². The molecule has 3 rings (SSSR count). The molecule has 0 amide bonds. The predicted octanol–water partition coefficient (Wildman–Crippen LogP) is 0.550. The Bertz CT molecular complexity index is 493. The van der Waals surface area contributed by atoms with E-state index in [4.69, 9.17) is 0 Å². The predicted molar refractivity (Wildman–Crippen MR) is 43.0 cm³/mol. The van der Waals surface area contributed by atoms with E-state index in [9.17, 15) is 0 Å². The summed E-state index contributed by atoms with van der Waals surface area (Å²) in [4.78, 5) is 8.32. The third-order valence-electron chi connectivity index (χ3n) is 1.90. The summed E-state index contributed by atoms with van der Waals surface area (Å²) >= 11 is 0. The van der Waals surface area contributed by atoms with E-state index in [1.165, 1.54) is 0 Å². The van der Waals surface area contributed by atoms with Crippen molar-refractivity contribution < 1.29 is 0 Å². The smallest absolute Gasteiger partial charge is 0.139 e. The van der Waals surface area contributed by atoms with Crippen LogP contribution in [0.4, 0.5) is 5.69 Å². The molecule has 2 aromatic rings. The Morgan fingerprint density at radius 3 is 3.36 bits per heavy atom. The molecule has 2 aromatic heterocycles. The van der Waals surface area contributed by atoms with Gasteiger partial charge in [0.05, 0.1) is 11.0 Å². The largest absolute Gasteiger partial charge is 0.298 e. The zero-order valence-corrected chi connectivity index (χ0v) is 5.73. The quantitative estimate of drug-likeness (QED) is 0.529. The Morgan fingerprint density at radius 1 is 1.36 bits per heavy atom. The molecule has 0 saturated heterocycles. The van der Waals surface area contributed by atoms with E-state index >= 15 is 0 Å². The lowest BCUT2D eigenvalue weighted by Gasteiger charge is -1.78. The van der Waals surface area contributed by atoms with Crippen LogP contribution in [0.2, 0.25) is 0 Å². The lowest BCUT2D eigenvalue weighted by Crippen LogP contribution is -2.03. The van der Waals surface area contributed by atoms with Crippen molar-refractivity contribution in [1.29, 1.82) is 0 Å². The van der Waals surface area contributed by atoms with Crippen LogP contribution in [-0.4, -0.2) is 15.6 Å². The van der Waals surface area contributed by atoms with Crippen molar-refractivity contribution in [3.8, 4) is 0 Å². The Morgan fingerprint density at radius 2 is 2.36 bits per heavy atom. The normalized spacial score (nSPS) is 13.8. The molecule has 0 N–H and O–H groups in total. The molecule has 0 radical (unpaired) electrons. The highest BCUT2D eigenvalue weighted by Gasteiger charge is 2.05. The topological polar surface area (TPSA) is 29.7 Å². The van der Waals surface area contributed by atoms with E-state index in [1.54, 1.807) is 6.20 Å². The van der Waals surface area contributed by atoms with Gasteiger partial charge in [-0.05, 0) is 6.08 Å². The summed E-state index contributed by atoms with van der Waals surface area (Å²) in [6.45, 7) is 0. The zero-order chi connectivity index (χ0) is 7.26. The van der Waals surface area contributed by atoms with Gasteiger partial charge in [-0.15, -0.1) is 0 Å². The van der Waals surface area contributed by atoms with Crippen molar-refractivity contribution >= 4 is 23.6 Å². The molecule has 0 bridgehead atoms. The molecule has 0 aromatic carbocycles. The van der Waals surface area contributed by atoms with Gasteiger partial charge in [0, 0.05) is 24.7 Å². The highest BCUT2D eigenvalue weighted by molar-refractivity contribution is 5.97. The van der Waals surface area contributed by atoms with E-state index in [1.807, 2.05) is 29.0 Å². The highest BCUT2D eigenvalue weighted by Crippen LogP contribution is 2.12. The lowest BCUT2D eigenvalue weighted by atomic mass is 10.5.